The number of halogens is 1. The van der Waals surface area contributed by atoms with Gasteiger partial charge in [-0.25, -0.2) is 4.79 Å². The Labute approximate surface area is 176 Å². The molecule has 30 heavy (non-hydrogen) atoms. The number of H-pyrrole nitrogens is 1. The zero-order chi connectivity index (χ0) is 21.3. The van der Waals surface area contributed by atoms with Crippen molar-refractivity contribution >= 4 is 28.7 Å². The van der Waals surface area contributed by atoms with Crippen LogP contribution in [0.4, 0.5) is 5.95 Å². The molecule has 2 aromatic heterocycles. The molecule has 0 amide bonds. The lowest BCUT2D eigenvalue weighted by Gasteiger charge is -2.28. The van der Waals surface area contributed by atoms with Crippen LogP contribution in [0.1, 0.15) is 0 Å². The smallest absolute Gasteiger partial charge is 0.329 e. The molecule has 3 heterocycles. The number of hydrogen-bond acceptors (Lipinski definition) is 7. The summed E-state index contributed by atoms with van der Waals surface area (Å²) in [6.07, 6.45) is -0.922. The molecule has 1 saturated heterocycles. The molecule has 10 nitrogen and oxygen atoms in total. The zero-order valence-electron chi connectivity index (χ0n) is 16.4. The summed E-state index contributed by atoms with van der Waals surface area (Å²) in [5, 5.41) is 11.2. The average Bonchev–Trinajstić information content (AvgIpc) is 3.12. The van der Waals surface area contributed by atoms with Gasteiger partial charge in [0.05, 0.1) is 19.8 Å². The van der Waals surface area contributed by atoms with E-state index in [-0.39, 0.29) is 24.3 Å². The molecule has 1 aromatic carbocycles. The third-order valence-corrected chi connectivity index (χ3v) is 5.18. The fraction of sp³-hybridized carbons (Fsp3) is 0.421. The van der Waals surface area contributed by atoms with E-state index in [1.54, 1.807) is 35.9 Å². The molecule has 1 aliphatic rings. The first-order chi connectivity index (χ1) is 14.4. The van der Waals surface area contributed by atoms with Crippen LogP contribution in [0.5, 0.6) is 5.75 Å². The van der Waals surface area contributed by atoms with E-state index in [1.165, 1.54) is 4.57 Å². The SMILES string of the molecule is Cn1c(=O)[nH]c(=O)c2c1nc(N1CCOCC1)n2C[C@H](O)COc1ccc(Cl)cc1. The molecular weight excluding hydrogens is 414 g/mol. The van der Waals surface area contributed by atoms with Crippen LogP contribution in [0.3, 0.4) is 0 Å². The maximum atomic E-state index is 12.6. The van der Waals surface area contributed by atoms with Crippen molar-refractivity contribution in [2.24, 2.45) is 7.05 Å². The molecule has 0 aliphatic carbocycles. The molecule has 11 heteroatoms. The van der Waals surface area contributed by atoms with E-state index in [9.17, 15) is 14.7 Å². The van der Waals surface area contributed by atoms with Gasteiger partial charge in [-0.15, -0.1) is 0 Å². The Hall–Kier alpha value is -2.82. The van der Waals surface area contributed by atoms with Crippen molar-refractivity contribution in [2.45, 2.75) is 12.6 Å². The Bertz CT molecular complexity index is 1150. The lowest BCUT2D eigenvalue weighted by molar-refractivity contribution is 0.0927. The first-order valence-corrected chi connectivity index (χ1v) is 9.90. The van der Waals surface area contributed by atoms with Crippen LogP contribution in [0.15, 0.2) is 33.9 Å². The maximum absolute atomic E-state index is 12.6. The maximum Gasteiger partial charge on any atom is 0.329 e. The number of imidazole rings is 1. The number of nitrogens with one attached hydrogen (secondary N) is 1. The first kappa shape index (κ1) is 20.5. The largest absolute Gasteiger partial charge is 0.491 e. The lowest BCUT2D eigenvalue weighted by atomic mass is 10.3. The zero-order valence-corrected chi connectivity index (χ0v) is 17.1. The van der Waals surface area contributed by atoms with E-state index < -0.39 is 17.4 Å². The van der Waals surface area contributed by atoms with E-state index in [0.717, 1.165) is 0 Å². The van der Waals surface area contributed by atoms with Crippen molar-refractivity contribution in [1.29, 1.82) is 0 Å². The number of aliphatic hydroxyl groups excluding tert-OH is 1. The molecule has 0 saturated carbocycles. The van der Waals surface area contributed by atoms with Crippen molar-refractivity contribution < 1.29 is 14.6 Å². The third-order valence-electron chi connectivity index (χ3n) is 4.93. The predicted octanol–water partition coefficient (Wildman–Crippen LogP) is 0.353. The molecule has 0 unspecified atom stereocenters. The highest BCUT2D eigenvalue weighted by Gasteiger charge is 2.24. The second kappa shape index (κ2) is 8.50. The monoisotopic (exact) mass is 435 g/mol. The molecule has 2 N–H and O–H groups in total. The molecule has 4 rings (SSSR count). The van der Waals surface area contributed by atoms with Gasteiger partial charge in [-0.05, 0) is 24.3 Å². The number of rotatable bonds is 6. The lowest BCUT2D eigenvalue weighted by Crippen LogP contribution is -2.39. The van der Waals surface area contributed by atoms with Gasteiger partial charge in [0.1, 0.15) is 18.5 Å². The van der Waals surface area contributed by atoms with E-state index in [2.05, 4.69) is 9.97 Å². The van der Waals surface area contributed by atoms with Crippen LogP contribution in [-0.4, -0.2) is 63.2 Å². The summed E-state index contributed by atoms with van der Waals surface area (Å²) in [7, 11) is 1.54. The number of ether oxygens (including phenoxy) is 2. The van der Waals surface area contributed by atoms with Gasteiger partial charge in [-0.3, -0.25) is 14.3 Å². The first-order valence-electron chi connectivity index (χ1n) is 9.52. The molecule has 0 spiro atoms. The van der Waals surface area contributed by atoms with Crippen LogP contribution in [-0.2, 0) is 18.3 Å². The van der Waals surface area contributed by atoms with Crippen molar-refractivity contribution in [1.82, 2.24) is 19.1 Å². The highest BCUT2D eigenvalue weighted by molar-refractivity contribution is 6.30. The Morgan fingerprint density at radius 3 is 2.67 bits per heavy atom. The fourth-order valence-corrected chi connectivity index (χ4v) is 3.51. The molecule has 3 aromatic rings. The third kappa shape index (κ3) is 4.07. The second-order valence-electron chi connectivity index (χ2n) is 7.03. The Morgan fingerprint density at radius 1 is 1.27 bits per heavy atom. The highest BCUT2D eigenvalue weighted by atomic mass is 35.5. The van der Waals surface area contributed by atoms with Crippen LogP contribution in [0.25, 0.3) is 11.2 Å². The number of aromatic nitrogens is 4. The highest BCUT2D eigenvalue weighted by Crippen LogP contribution is 2.21. The number of aliphatic hydroxyl groups is 1. The minimum absolute atomic E-state index is 0.00747. The molecule has 1 aliphatic heterocycles. The van der Waals surface area contributed by atoms with Gasteiger partial charge in [-0.2, -0.15) is 4.98 Å². The van der Waals surface area contributed by atoms with Gasteiger partial charge in [-0.1, -0.05) is 11.6 Å². The normalized spacial score (nSPS) is 15.5. The van der Waals surface area contributed by atoms with E-state index in [0.29, 0.717) is 43.0 Å². The summed E-state index contributed by atoms with van der Waals surface area (Å²) in [6.45, 7) is 2.31. The van der Waals surface area contributed by atoms with Gasteiger partial charge in [0.15, 0.2) is 11.2 Å². The van der Waals surface area contributed by atoms with Crippen LogP contribution in [0, 0.1) is 0 Å². The van der Waals surface area contributed by atoms with Gasteiger partial charge in [0.25, 0.3) is 5.56 Å². The van der Waals surface area contributed by atoms with Crippen molar-refractivity contribution in [3.8, 4) is 5.75 Å². The van der Waals surface area contributed by atoms with Gasteiger partial charge in [0, 0.05) is 25.2 Å². The second-order valence-corrected chi connectivity index (χ2v) is 7.47. The number of morpholine rings is 1. The van der Waals surface area contributed by atoms with Crippen molar-refractivity contribution in [3.05, 3.63) is 50.1 Å². The average molecular weight is 436 g/mol. The number of hydrogen-bond donors (Lipinski definition) is 2. The summed E-state index contributed by atoms with van der Waals surface area (Å²) in [6, 6.07) is 6.81. The number of fused-ring (bicyclic) bond motifs is 1. The number of benzene rings is 1. The fourth-order valence-electron chi connectivity index (χ4n) is 3.39. The van der Waals surface area contributed by atoms with Gasteiger partial charge in [0.2, 0.25) is 5.95 Å². The summed E-state index contributed by atoms with van der Waals surface area (Å²) in [5.74, 6) is 1.08. The predicted molar refractivity (Wildman–Crippen MR) is 112 cm³/mol. The molecule has 160 valence electrons. The molecule has 1 fully saturated rings. The molecule has 1 atom stereocenters. The van der Waals surface area contributed by atoms with Gasteiger partial charge < -0.3 is 24.0 Å². The van der Waals surface area contributed by atoms with Crippen LogP contribution >= 0.6 is 11.6 Å². The number of aromatic amines is 1. The van der Waals surface area contributed by atoms with E-state index in [4.69, 9.17) is 21.1 Å². The summed E-state index contributed by atoms with van der Waals surface area (Å²) in [4.78, 5) is 33.4. The summed E-state index contributed by atoms with van der Waals surface area (Å²) in [5.41, 5.74) is -0.608. The van der Waals surface area contributed by atoms with E-state index >= 15 is 0 Å². The molecule has 0 bridgehead atoms. The summed E-state index contributed by atoms with van der Waals surface area (Å²) < 4.78 is 13.9. The molecule has 0 radical (unpaired) electrons. The summed E-state index contributed by atoms with van der Waals surface area (Å²) >= 11 is 5.87. The Kier molecular flexibility index (Phi) is 5.80. The minimum atomic E-state index is -0.922. The van der Waals surface area contributed by atoms with Crippen LogP contribution in [0.2, 0.25) is 5.02 Å². The van der Waals surface area contributed by atoms with E-state index in [1.807, 2.05) is 4.90 Å². The minimum Gasteiger partial charge on any atom is -0.491 e. The number of aryl methyl sites for hydroxylation is 1. The standard InChI is InChI=1S/C19H22ClN5O5/c1-23-16-15(17(27)22-19(23)28)25(18(21-16)24-6-8-29-9-7-24)10-13(26)11-30-14-4-2-12(20)3-5-14/h2-5,13,26H,6-11H2,1H3,(H,22,27,28)/t13-/m0/s1. The Morgan fingerprint density at radius 2 is 1.97 bits per heavy atom. The number of anilines is 1. The molecular formula is C19H22ClN5O5. The van der Waals surface area contributed by atoms with Crippen molar-refractivity contribution in [2.75, 3.05) is 37.8 Å². The van der Waals surface area contributed by atoms with Gasteiger partial charge >= 0.3 is 5.69 Å². The quantitative estimate of drug-likeness (QED) is 0.574. The van der Waals surface area contributed by atoms with Crippen LogP contribution < -0.4 is 20.9 Å². The van der Waals surface area contributed by atoms with Crippen molar-refractivity contribution in [3.63, 3.8) is 0 Å². The Balaban J connectivity index is 1.65. The topological polar surface area (TPSA) is 115 Å². The number of nitrogens with zero attached hydrogens (tertiary/aromatic N) is 4.